The second-order valence-electron chi connectivity index (χ2n) is 4.62. The van der Waals surface area contributed by atoms with Gasteiger partial charge in [0, 0.05) is 13.2 Å². The highest BCUT2D eigenvalue weighted by Crippen LogP contribution is 2.24. The monoisotopic (exact) mass is 199 g/mol. The van der Waals surface area contributed by atoms with Crippen molar-refractivity contribution < 1.29 is 9.84 Å². The van der Waals surface area contributed by atoms with E-state index in [-0.39, 0.29) is 6.10 Å². The van der Waals surface area contributed by atoms with Crippen LogP contribution in [0, 0.1) is 5.92 Å². The second kappa shape index (κ2) is 5.10. The summed E-state index contributed by atoms with van der Waals surface area (Å²) in [7, 11) is 0. The zero-order chi connectivity index (χ0) is 9.80. The van der Waals surface area contributed by atoms with E-state index in [9.17, 15) is 5.11 Å². The van der Waals surface area contributed by atoms with Crippen molar-refractivity contribution >= 4 is 0 Å². The van der Waals surface area contributed by atoms with Crippen LogP contribution in [-0.2, 0) is 4.74 Å². The van der Waals surface area contributed by atoms with Crippen molar-refractivity contribution in [1.29, 1.82) is 0 Å². The molecule has 3 nitrogen and oxygen atoms in total. The quantitative estimate of drug-likeness (QED) is 0.710. The van der Waals surface area contributed by atoms with Crippen LogP contribution < -0.4 is 5.32 Å². The Morgan fingerprint density at radius 2 is 1.93 bits per heavy atom. The topological polar surface area (TPSA) is 41.5 Å². The number of nitrogens with one attached hydrogen (secondary N) is 1. The summed E-state index contributed by atoms with van der Waals surface area (Å²) >= 11 is 0. The predicted octanol–water partition coefficient (Wildman–Crippen LogP) is 0.916. The third kappa shape index (κ3) is 2.94. The molecule has 1 aliphatic carbocycles. The first-order chi connectivity index (χ1) is 6.84. The molecule has 0 spiro atoms. The molecule has 0 bridgehead atoms. The van der Waals surface area contributed by atoms with E-state index < -0.39 is 0 Å². The predicted molar refractivity (Wildman–Crippen MR) is 55.2 cm³/mol. The maximum Gasteiger partial charge on any atom is 0.0711 e. The van der Waals surface area contributed by atoms with Crippen LogP contribution in [-0.4, -0.2) is 37.0 Å². The Balaban J connectivity index is 1.60. The van der Waals surface area contributed by atoms with Crippen LogP contribution >= 0.6 is 0 Å². The van der Waals surface area contributed by atoms with Gasteiger partial charge in [0.25, 0.3) is 0 Å². The Kier molecular flexibility index (Phi) is 3.79. The normalized spacial score (nSPS) is 38.8. The maximum atomic E-state index is 9.36. The first kappa shape index (κ1) is 10.4. The van der Waals surface area contributed by atoms with Gasteiger partial charge in [0.15, 0.2) is 0 Å². The molecule has 0 amide bonds. The number of hydrogen-bond donors (Lipinski definition) is 2. The standard InChI is InChI=1S/C11H21NO2/c13-10-3-1-9(2-4-10)8-14-11-5-6-12-7-11/h9-13H,1-8H2. The Morgan fingerprint density at radius 3 is 2.57 bits per heavy atom. The fraction of sp³-hybridized carbons (Fsp3) is 1.00. The van der Waals surface area contributed by atoms with Gasteiger partial charge in [-0.05, 0) is 44.6 Å². The van der Waals surface area contributed by atoms with Gasteiger partial charge in [-0.3, -0.25) is 0 Å². The zero-order valence-corrected chi connectivity index (χ0v) is 8.74. The summed E-state index contributed by atoms with van der Waals surface area (Å²) in [5, 5.41) is 12.7. The van der Waals surface area contributed by atoms with Crippen LogP contribution in [0.3, 0.4) is 0 Å². The average molecular weight is 199 g/mol. The molecular formula is C11H21NO2. The van der Waals surface area contributed by atoms with Gasteiger partial charge < -0.3 is 15.2 Å². The minimum absolute atomic E-state index is 0.0422. The summed E-state index contributed by atoms with van der Waals surface area (Å²) in [6, 6.07) is 0. The smallest absolute Gasteiger partial charge is 0.0711 e. The van der Waals surface area contributed by atoms with Crippen LogP contribution in [0.1, 0.15) is 32.1 Å². The molecule has 1 saturated carbocycles. The van der Waals surface area contributed by atoms with Gasteiger partial charge in [0.1, 0.15) is 0 Å². The molecule has 3 heteroatoms. The van der Waals surface area contributed by atoms with Crippen molar-refractivity contribution in [2.75, 3.05) is 19.7 Å². The molecule has 1 unspecified atom stereocenters. The Bertz CT molecular complexity index is 161. The Morgan fingerprint density at radius 1 is 1.14 bits per heavy atom. The van der Waals surface area contributed by atoms with Gasteiger partial charge in [-0.2, -0.15) is 0 Å². The number of aliphatic hydroxyl groups excluding tert-OH is 1. The zero-order valence-electron chi connectivity index (χ0n) is 8.74. The van der Waals surface area contributed by atoms with Crippen molar-refractivity contribution in [3.05, 3.63) is 0 Å². The van der Waals surface area contributed by atoms with Crippen LogP contribution in [0.2, 0.25) is 0 Å². The minimum atomic E-state index is -0.0422. The van der Waals surface area contributed by atoms with E-state index in [0.29, 0.717) is 12.0 Å². The molecule has 0 aromatic heterocycles. The lowest BCUT2D eigenvalue weighted by molar-refractivity contribution is 0.0161. The SMILES string of the molecule is OC1CCC(COC2CCNC2)CC1. The third-order valence-electron chi connectivity index (χ3n) is 3.40. The Labute approximate surface area is 85.8 Å². The van der Waals surface area contributed by atoms with E-state index in [2.05, 4.69) is 5.32 Å². The average Bonchev–Trinajstić information content (AvgIpc) is 2.70. The van der Waals surface area contributed by atoms with E-state index in [0.717, 1.165) is 51.8 Å². The van der Waals surface area contributed by atoms with Gasteiger partial charge in [-0.1, -0.05) is 0 Å². The van der Waals surface area contributed by atoms with Gasteiger partial charge in [-0.25, -0.2) is 0 Å². The van der Waals surface area contributed by atoms with Gasteiger partial charge in [0.05, 0.1) is 12.2 Å². The molecule has 2 N–H and O–H groups in total. The van der Waals surface area contributed by atoms with Crippen LogP contribution in [0.15, 0.2) is 0 Å². The minimum Gasteiger partial charge on any atom is -0.393 e. The van der Waals surface area contributed by atoms with Crippen molar-refractivity contribution in [1.82, 2.24) is 5.32 Å². The Hall–Kier alpha value is -0.120. The molecule has 1 aliphatic heterocycles. The fourth-order valence-corrected chi connectivity index (χ4v) is 2.35. The first-order valence-electron chi connectivity index (χ1n) is 5.85. The molecule has 0 aromatic carbocycles. The molecule has 2 rings (SSSR count). The van der Waals surface area contributed by atoms with E-state index in [4.69, 9.17) is 4.74 Å². The van der Waals surface area contributed by atoms with Crippen LogP contribution in [0.4, 0.5) is 0 Å². The highest BCUT2D eigenvalue weighted by molar-refractivity contribution is 4.74. The van der Waals surface area contributed by atoms with Gasteiger partial charge >= 0.3 is 0 Å². The highest BCUT2D eigenvalue weighted by atomic mass is 16.5. The van der Waals surface area contributed by atoms with Gasteiger partial charge in [0.2, 0.25) is 0 Å². The molecule has 2 fully saturated rings. The molecule has 2 aliphatic rings. The molecule has 14 heavy (non-hydrogen) atoms. The van der Waals surface area contributed by atoms with Crippen LogP contribution in [0.25, 0.3) is 0 Å². The molecule has 1 saturated heterocycles. The van der Waals surface area contributed by atoms with Crippen molar-refractivity contribution in [3.63, 3.8) is 0 Å². The lowest BCUT2D eigenvalue weighted by Gasteiger charge is -2.26. The van der Waals surface area contributed by atoms with Crippen molar-refractivity contribution in [3.8, 4) is 0 Å². The largest absolute Gasteiger partial charge is 0.393 e. The molecule has 1 heterocycles. The first-order valence-corrected chi connectivity index (χ1v) is 5.85. The molecule has 0 radical (unpaired) electrons. The molecule has 1 atom stereocenters. The van der Waals surface area contributed by atoms with Crippen LogP contribution in [0.5, 0.6) is 0 Å². The van der Waals surface area contributed by atoms with Crippen molar-refractivity contribution in [2.24, 2.45) is 5.92 Å². The number of aliphatic hydroxyl groups is 1. The van der Waals surface area contributed by atoms with E-state index in [1.165, 1.54) is 0 Å². The summed E-state index contributed by atoms with van der Waals surface area (Å²) in [5.41, 5.74) is 0. The second-order valence-corrected chi connectivity index (χ2v) is 4.62. The lowest BCUT2D eigenvalue weighted by atomic mass is 9.88. The number of ether oxygens (including phenoxy) is 1. The highest BCUT2D eigenvalue weighted by Gasteiger charge is 2.21. The van der Waals surface area contributed by atoms with Gasteiger partial charge in [-0.15, -0.1) is 0 Å². The summed E-state index contributed by atoms with van der Waals surface area (Å²) in [5.74, 6) is 0.694. The molecule has 0 aromatic rings. The summed E-state index contributed by atoms with van der Waals surface area (Å²) < 4.78 is 5.83. The third-order valence-corrected chi connectivity index (χ3v) is 3.40. The summed E-state index contributed by atoms with van der Waals surface area (Å²) in [6.07, 6.45) is 5.78. The molecular weight excluding hydrogens is 178 g/mol. The maximum absolute atomic E-state index is 9.36. The number of rotatable bonds is 3. The summed E-state index contributed by atoms with van der Waals surface area (Å²) in [6.45, 7) is 3.03. The molecule has 82 valence electrons. The van der Waals surface area contributed by atoms with E-state index in [1.807, 2.05) is 0 Å². The number of hydrogen-bond acceptors (Lipinski definition) is 3. The van der Waals surface area contributed by atoms with E-state index in [1.54, 1.807) is 0 Å². The lowest BCUT2D eigenvalue weighted by Crippen LogP contribution is -2.25. The fourth-order valence-electron chi connectivity index (χ4n) is 2.35. The summed E-state index contributed by atoms with van der Waals surface area (Å²) in [4.78, 5) is 0. The van der Waals surface area contributed by atoms with E-state index >= 15 is 0 Å². The van der Waals surface area contributed by atoms with Crippen molar-refractivity contribution in [2.45, 2.75) is 44.3 Å².